The molecule has 0 radical (unpaired) electrons. The zero-order valence-corrected chi connectivity index (χ0v) is 19.9. The molecular formula is C27H31F2N5O. The number of fused-ring (bicyclic) bond motifs is 1. The van der Waals surface area contributed by atoms with Crippen LogP contribution in [0.3, 0.4) is 0 Å². The van der Waals surface area contributed by atoms with E-state index in [-0.39, 0.29) is 17.8 Å². The molecule has 8 heteroatoms. The van der Waals surface area contributed by atoms with Crippen LogP contribution in [0.5, 0.6) is 0 Å². The molecule has 0 saturated carbocycles. The van der Waals surface area contributed by atoms with Gasteiger partial charge < -0.3 is 14.7 Å². The lowest BCUT2D eigenvalue weighted by atomic mass is 10.0. The second-order valence-corrected chi connectivity index (χ2v) is 10.2. The standard InChI is InChI=1S/C27H31F2N5O/c28-20-5-6-24(29)22(14-20)25-4-3-11-33(25)21-8-13-34-26(15-21)23(16-30-34)27(35)32-12-7-19(18-32)17-31-9-1-2-10-31/h5-6,8,13-16,19,25H,1-4,7,9-12,17-18H2. The Balaban J connectivity index is 1.23. The van der Waals surface area contributed by atoms with E-state index < -0.39 is 5.82 Å². The monoisotopic (exact) mass is 479 g/mol. The lowest BCUT2D eigenvalue weighted by Crippen LogP contribution is -2.32. The van der Waals surface area contributed by atoms with Crippen molar-refractivity contribution in [3.05, 3.63) is 65.5 Å². The van der Waals surface area contributed by atoms with Crippen molar-refractivity contribution in [3.63, 3.8) is 0 Å². The number of anilines is 1. The second-order valence-electron chi connectivity index (χ2n) is 10.2. The van der Waals surface area contributed by atoms with Gasteiger partial charge in [0.2, 0.25) is 0 Å². The highest BCUT2D eigenvalue weighted by Gasteiger charge is 2.32. The Kier molecular flexibility index (Phi) is 5.92. The van der Waals surface area contributed by atoms with Crippen molar-refractivity contribution in [2.24, 2.45) is 5.92 Å². The normalized spacial score (nSPS) is 23.1. The molecule has 6 nitrogen and oxygen atoms in total. The summed E-state index contributed by atoms with van der Waals surface area (Å²) in [6, 6.07) is 7.32. The molecule has 1 amide bonds. The van der Waals surface area contributed by atoms with E-state index >= 15 is 0 Å². The Labute approximate surface area is 204 Å². The fourth-order valence-corrected chi connectivity index (χ4v) is 6.15. The molecule has 2 atom stereocenters. The summed E-state index contributed by atoms with van der Waals surface area (Å²) in [5.74, 6) is -0.265. The lowest BCUT2D eigenvalue weighted by molar-refractivity contribution is 0.0786. The van der Waals surface area contributed by atoms with Gasteiger partial charge in [-0.1, -0.05) is 0 Å². The van der Waals surface area contributed by atoms with Gasteiger partial charge in [-0.25, -0.2) is 13.3 Å². The maximum atomic E-state index is 14.6. The third-order valence-corrected chi connectivity index (χ3v) is 7.93. The van der Waals surface area contributed by atoms with Crippen molar-refractivity contribution in [1.82, 2.24) is 19.4 Å². The van der Waals surface area contributed by atoms with Gasteiger partial charge in [-0.15, -0.1) is 0 Å². The van der Waals surface area contributed by atoms with Crippen molar-refractivity contribution in [2.75, 3.05) is 44.2 Å². The van der Waals surface area contributed by atoms with Crippen LogP contribution in [0.15, 0.2) is 42.7 Å². The fraction of sp³-hybridized carbons (Fsp3) is 0.481. The molecule has 35 heavy (non-hydrogen) atoms. The maximum Gasteiger partial charge on any atom is 0.257 e. The van der Waals surface area contributed by atoms with Gasteiger partial charge in [0.15, 0.2) is 0 Å². The van der Waals surface area contributed by atoms with Gasteiger partial charge >= 0.3 is 0 Å². The molecule has 6 rings (SSSR count). The molecule has 184 valence electrons. The Bertz CT molecular complexity index is 1240. The first kappa shape index (κ1) is 22.5. The molecule has 3 fully saturated rings. The van der Waals surface area contributed by atoms with Crippen molar-refractivity contribution in [3.8, 4) is 0 Å². The van der Waals surface area contributed by atoms with Crippen LogP contribution in [0.25, 0.3) is 5.52 Å². The van der Waals surface area contributed by atoms with Crippen molar-refractivity contribution >= 4 is 17.1 Å². The molecule has 2 aromatic heterocycles. The van der Waals surface area contributed by atoms with Crippen LogP contribution >= 0.6 is 0 Å². The van der Waals surface area contributed by atoms with Crippen molar-refractivity contribution < 1.29 is 13.6 Å². The smallest absolute Gasteiger partial charge is 0.257 e. The minimum Gasteiger partial charge on any atom is -0.364 e. The average Bonchev–Trinajstić information content (AvgIpc) is 3.66. The number of hydrogen-bond donors (Lipinski definition) is 0. The number of pyridine rings is 1. The first-order valence-electron chi connectivity index (χ1n) is 12.8. The first-order valence-corrected chi connectivity index (χ1v) is 12.8. The third-order valence-electron chi connectivity index (χ3n) is 7.93. The van der Waals surface area contributed by atoms with E-state index in [1.165, 1.54) is 38.1 Å². The van der Waals surface area contributed by atoms with Crippen LogP contribution in [0.2, 0.25) is 0 Å². The summed E-state index contributed by atoms with van der Waals surface area (Å²) >= 11 is 0. The van der Waals surface area contributed by atoms with E-state index in [1.54, 1.807) is 10.7 Å². The van der Waals surface area contributed by atoms with Gasteiger partial charge in [-0.05, 0) is 81.4 Å². The molecule has 3 aliphatic heterocycles. The summed E-state index contributed by atoms with van der Waals surface area (Å²) in [4.78, 5) is 20.1. The molecule has 0 N–H and O–H groups in total. The minimum atomic E-state index is -0.430. The van der Waals surface area contributed by atoms with Crippen LogP contribution in [-0.4, -0.2) is 64.6 Å². The minimum absolute atomic E-state index is 0.0234. The van der Waals surface area contributed by atoms with Gasteiger partial charge in [0.1, 0.15) is 11.6 Å². The van der Waals surface area contributed by atoms with Gasteiger partial charge in [0.25, 0.3) is 5.91 Å². The lowest BCUT2D eigenvalue weighted by Gasteiger charge is -2.27. The van der Waals surface area contributed by atoms with E-state index in [0.29, 0.717) is 17.0 Å². The maximum absolute atomic E-state index is 14.6. The molecule has 1 aromatic carbocycles. The van der Waals surface area contributed by atoms with Crippen molar-refractivity contribution in [1.29, 1.82) is 0 Å². The van der Waals surface area contributed by atoms with Gasteiger partial charge in [-0.2, -0.15) is 5.10 Å². The zero-order chi connectivity index (χ0) is 23.9. The highest BCUT2D eigenvalue weighted by molar-refractivity contribution is 6.01. The number of likely N-dealkylation sites (tertiary alicyclic amines) is 2. The SMILES string of the molecule is O=C(c1cnn2ccc(N3CCCC3c3cc(F)ccc3F)cc12)N1CCC(CN2CCCC2)C1. The van der Waals surface area contributed by atoms with E-state index in [2.05, 4.69) is 14.9 Å². The topological polar surface area (TPSA) is 44.1 Å². The zero-order valence-electron chi connectivity index (χ0n) is 19.9. The van der Waals surface area contributed by atoms with E-state index in [0.717, 1.165) is 62.7 Å². The number of amides is 1. The summed E-state index contributed by atoms with van der Waals surface area (Å²) in [7, 11) is 0. The molecule has 5 heterocycles. The quantitative estimate of drug-likeness (QED) is 0.540. The largest absolute Gasteiger partial charge is 0.364 e. The van der Waals surface area contributed by atoms with E-state index in [9.17, 15) is 13.6 Å². The summed E-state index contributed by atoms with van der Waals surface area (Å²) in [5, 5.41) is 4.42. The average molecular weight is 480 g/mol. The molecule has 3 aliphatic rings. The molecule has 2 unspecified atom stereocenters. The number of benzene rings is 1. The Morgan fingerprint density at radius 3 is 2.71 bits per heavy atom. The second kappa shape index (κ2) is 9.22. The number of rotatable bonds is 5. The molecule has 3 saturated heterocycles. The number of aromatic nitrogens is 2. The summed E-state index contributed by atoms with van der Waals surface area (Å²) in [6.45, 7) is 5.76. The van der Waals surface area contributed by atoms with Crippen LogP contribution in [0.1, 0.15) is 54.1 Å². The molecule has 3 aromatic rings. The number of halogens is 2. The summed E-state index contributed by atoms with van der Waals surface area (Å²) in [6.07, 6.45) is 8.75. The summed E-state index contributed by atoms with van der Waals surface area (Å²) < 4.78 is 30.2. The Hall–Kier alpha value is -3.00. The van der Waals surface area contributed by atoms with Crippen LogP contribution in [0.4, 0.5) is 14.5 Å². The summed E-state index contributed by atoms with van der Waals surface area (Å²) in [5.41, 5.74) is 2.63. The highest BCUT2D eigenvalue weighted by atomic mass is 19.1. The number of carbonyl (C=O) groups excluding carboxylic acids is 1. The van der Waals surface area contributed by atoms with Crippen LogP contribution in [0, 0.1) is 17.6 Å². The Morgan fingerprint density at radius 2 is 1.86 bits per heavy atom. The van der Waals surface area contributed by atoms with Crippen LogP contribution in [-0.2, 0) is 0 Å². The predicted octanol–water partition coefficient (Wildman–Crippen LogP) is 4.51. The Morgan fingerprint density at radius 1 is 1.00 bits per heavy atom. The number of carbonyl (C=O) groups is 1. The fourth-order valence-electron chi connectivity index (χ4n) is 6.15. The molecule has 0 aliphatic carbocycles. The first-order chi connectivity index (χ1) is 17.1. The molecular weight excluding hydrogens is 448 g/mol. The number of nitrogens with zero attached hydrogens (tertiary/aromatic N) is 5. The van der Waals surface area contributed by atoms with E-state index in [4.69, 9.17) is 0 Å². The molecule has 0 spiro atoms. The van der Waals surface area contributed by atoms with Gasteiger partial charge in [-0.3, -0.25) is 4.79 Å². The van der Waals surface area contributed by atoms with E-state index in [1.807, 2.05) is 23.2 Å². The van der Waals surface area contributed by atoms with Crippen molar-refractivity contribution in [2.45, 2.75) is 38.1 Å². The highest BCUT2D eigenvalue weighted by Crippen LogP contribution is 2.38. The van der Waals surface area contributed by atoms with Gasteiger partial charge in [0, 0.05) is 43.6 Å². The third kappa shape index (κ3) is 4.29. The number of hydrogen-bond acceptors (Lipinski definition) is 4. The van der Waals surface area contributed by atoms with Crippen LogP contribution < -0.4 is 4.90 Å². The van der Waals surface area contributed by atoms with Gasteiger partial charge in [0.05, 0.1) is 23.3 Å². The molecule has 0 bridgehead atoms. The predicted molar refractivity (Wildman–Crippen MR) is 131 cm³/mol.